The lowest BCUT2D eigenvalue weighted by Gasteiger charge is -2.29. The fraction of sp³-hybridized carbons (Fsp3) is 0.316. The van der Waals surface area contributed by atoms with Crippen LogP contribution in [0.4, 0.5) is 11.4 Å². The van der Waals surface area contributed by atoms with Gasteiger partial charge in [0.1, 0.15) is 6.04 Å². The van der Waals surface area contributed by atoms with Gasteiger partial charge in [-0.2, -0.15) is 0 Å². The van der Waals surface area contributed by atoms with E-state index in [0.29, 0.717) is 11.4 Å². The molecule has 0 aliphatic carbocycles. The summed E-state index contributed by atoms with van der Waals surface area (Å²) in [6, 6.07) is 12.1. The van der Waals surface area contributed by atoms with Crippen LogP contribution in [0.15, 0.2) is 42.5 Å². The summed E-state index contributed by atoms with van der Waals surface area (Å²) >= 11 is 0. The van der Waals surface area contributed by atoms with E-state index in [2.05, 4.69) is 5.32 Å². The van der Waals surface area contributed by atoms with Crippen LogP contribution >= 0.6 is 0 Å². The largest absolute Gasteiger partial charge is 0.324 e. The first-order chi connectivity index (χ1) is 11.6. The maximum Gasteiger partial charge on any atom is 0.247 e. The van der Waals surface area contributed by atoms with Crippen molar-refractivity contribution in [1.82, 2.24) is 0 Å². The number of nitrogens with zero attached hydrogens (tertiary/aromatic N) is 1. The summed E-state index contributed by atoms with van der Waals surface area (Å²) in [4.78, 5) is 12.7. The number of rotatable bonds is 5. The van der Waals surface area contributed by atoms with E-state index >= 15 is 0 Å². The molecule has 0 fully saturated rings. The maximum absolute atomic E-state index is 12.7. The third-order valence-corrected chi connectivity index (χ3v) is 5.20. The topological polar surface area (TPSA) is 66.5 Å². The van der Waals surface area contributed by atoms with Crippen LogP contribution in [0.25, 0.3) is 0 Å². The number of anilines is 2. The predicted molar refractivity (Wildman–Crippen MR) is 103 cm³/mol. The molecule has 134 valence electrons. The first-order valence-electron chi connectivity index (χ1n) is 8.04. The van der Waals surface area contributed by atoms with E-state index in [1.807, 2.05) is 51.1 Å². The van der Waals surface area contributed by atoms with Crippen LogP contribution in [0.3, 0.4) is 0 Å². The zero-order valence-corrected chi connectivity index (χ0v) is 16.0. The summed E-state index contributed by atoms with van der Waals surface area (Å²) in [7, 11) is -3.63. The molecular formula is C19H24N2O3S. The van der Waals surface area contributed by atoms with Crippen LogP contribution < -0.4 is 9.62 Å². The van der Waals surface area contributed by atoms with E-state index in [1.54, 1.807) is 19.1 Å². The Kier molecular flexibility index (Phi) is 5.52. The molecule has 0 aliphatic rings. The molecule has 2 aromatic carbocycles. The molecule has 0 aromatic heterocycles. The number of carbonyl (C=O) groups excluding carboxylic acids is 1. The van der Waals surface area contributed by atoms with Crippen LogP contribution in [0, 0.1) is 20.8 Å². The van der Waals surface area contributed by atoms with Gasteiger partial charge in [0.2, 0.25) is 15.9 Å². The second-order valence-electron chi connectivity index (χ2n) is 6.38. The molecule has 0 radical (unpaired) electrons. The standard InChI is InChI=1S/C19H24N2O3S/c1-13-7-6-8-17(11-13)20-19(22)16(4)21(25(5,23)24)18-12-14(2)9-10-15(18)3/h6-12,16H,1-5H3,(H,20,22)/t16-/m0/s1. The molecule has 2 rings (SSSR count). The number of amides is 1. The smallest absolute Gasteiger partial charge is 0.247 e. The summed E-state index contributed by atoms with van der Waals surface area (Å²) in [5, 5.41) is 2.79. The molecule has 2 aromatic rings. The molecule has 25 heavy (non-hydrogen) atoms. The maximum atomic E-state index is 12.7. The van der Waals surface area contributed by atoms with E-state index in [-0.39, 0.29) is 5.91 Å². The van der Waals surface area contributed by atoms with Crippen LogP contribution in [0.5, 0.6) is 0 Å². The van der Waals surface area contributed by atoms with Crippen molar-refractivity contribution < 1.29 is 13.2 Å². The monoisotopic (exact) mass is 360 g/mol. The molecular weight excluding hydrogens is 336 g/mol. The van der Waals surface area contributed by atoms with Gasteiger partial charge in [0.25, 0.3) is 0 Å². The molecule has 5 nitrogen and oxygen atoms in total. The highest BCUT2D eigenvalue weighted by Crippen LogP contribution is 2.26. The molecule has 0 bridgehead atoms. The third-order valence-electron chi connectivity index (χ3n) is 3.98. The molecule has 0 unspecified atom stereocenters. The van der Waals surface area contributed by atoms with Crippen molar-refractivity contribution in [3.63, 3.8) is 0 Å². The molecule has 0 saturated heterocycles. The summed E-state index contributed by atoms with van der Waals surface area (Å²) in [6.45, 7) is 7.24. The van der Waals surface area contributed by atoms with Crippen molar-refractivity contribution in [2.24, 2.45) is 0 Å². The van der Waals surface area contributed by atoms with Gasteiger partial charge in [-0.05, 0) is 62.6 Å². The van der Waals surface area contributed by atoms with Crippen LogP contribution in [0.1, 0.15) is 23.6 Å². The highest BCUT2D eigenvalue weighted by atomic mass is 32.2. The van der Waals surface area contributed by atoms with Crippen molar-refractivity contribution in [2.75, 3.05) is 15.9 Å². The Morgan fingerprint density at radius 2 is 1.68 bits per heavy atom. The fourth-order valence-electron chi connectivity index (χ4n) is 2.71. The molecule has 1 atom stereocenters. The molecule has 6 heteroatoms. The lowest BCUT2D eigenvalue weighted by atomic mass is 10.1. The quantitative estimate of drug-likeness (QED) is 0.888. The molecule has 0 saturated carbocycles. The minimum absolute atomic E-state index is 0.378. The van der Waals surface area contributed by atoms with Gasteiger partial charge in [0.05, 0.1) is 11.9 Å². The number of hydrogen-bond acceptors (Lipinski definition) is 3. The van der Waals surface area contributed by atoms with Gasteiger partial charge >= 0.3 is 0 Å². The number of sulfonamides is 1. The van der Waals surface area contributed by atoms with E-state index in [1.165, 1.54) is 4.31 Å². The lowest BCUT2D eigenvalue weighted by Crippen LogP contribution is -2.45. The predicted octanol–water partition coefficient (Wildman–Crippen LogP) is 3.41. The fourth-order valence-corrected chi connectivity index (χ4v) is 3.93. The Bertz CT molecular complexity index is 891. The Morgan fingerprint density at radius 3 is 2.28 bits per heavy atom. The van der Waals surface area contributed by atoms with E-state index in [4.69, 9.17) is 0 Å². The van der Waals surface area contributed by atoms with Crippen molar-refractivity contribution >= 4 is 27.3 Å². The van der Waals surface area contributed by atoms with Gasteiger partial charge in [-0.25, -0.2) is 8.42 Å². The van der Waals surface area contributed by atoms with Gasteiger partial charge in [-0.1, -0.05) is 24.3 Å². The van der Waals surface area contributed by atoms with Gasteiger partial charge in [0.15, 0.2) is 0 Å². The van der Waals surface area contributed by atoms with Gasteiger partial charge in [-0.3, -0.25) is 9.10 Å². The zero-order chi connectivity index (χ0) is 18.8. The van der Waals surface area contributed by atoms with Crippen molar-refractivity contribution in [2.45, 2.75) is 33.7 Å². The molecule has 1 N–H and O–H groups in total. The van der Waals surface area contributed by atoms with Gasteiger partial charge in [-0.15, -0.1) is 0 Å². The highest BCUT2D eigenvalue weighted by molar-refractivity contribution is 7.92. The van der Waals surface area contributed by atoms with Crippen LogP contribution in [-0.2, 0) is 14.8 Å². The highest BCUT2D eigenvalue weighted by Gasteiger charge is 2.30. The average Bonchev–Trinajstić information content (AvgIpc) is 2.49. The average molecular weight is 360 g/mol. The Morgan fingerprint density at radius 1 is 1.04 bits per heavy atom. The first-order valence-corrected chi connectivity index (χ1v) is 9.88. The Labute approximate surface area is 149 Å². The van der Waals surface area contributed by atoms with E-state index in [0.717, 1.165) is 22.9 Å². The number of carbonyl (C=O) groups is 1. The van der Waals surface area contributed by atoms with Gasteiger partial charge < -0.3 is 5.32 Å². The SMILES string of the molecule is Cc1cccc(NC(=O)[C@H](C)N(c2cc(C)ccc2C)S(C)(=O)=O)c1. The Balaban J connectivity index is 2.38. The number of aryl methyl sites for hydroxylation is 3. The number of benzene rings is 2. The molecule has 0 heterocycles. The van der Waals surface area contributed by atoms with Crippen molar-refractivity contribution in [3.05, 3.63) is 59.2 Å². The second kappa shape index (κ2) is 7.27. The molecule has 1 amide bonds. The van der Waals surface area contributed by atoms with E-state index < -0.39 is 16.1 Å². The molecule has 0 aliphatic heterocycles. The minimum Gasteiger partial charge on any atom is -0.324 e. The molecule has 0 spiro atoms. The van der Waals surface area contributed by atoms with Gasteiger partial charge in [0, 0.05) is 5.69 Å². The lowest BCUT2D eigenvalue weighted by molar-refractivity contribution is -0.116. The third kappa shape index (κ3) is 4.60. The van der Waals surface area contributed by atoms with Crippen LogP contribution in [-0.4, -0.2) is 26.6 Å². The zero-order valence-electron chi connectivity index (χ0n) is 15.2. The van der Waals surface area contributed by atoms with E-state index in [9.17, 15) is 13.2 Å². The van der Waals surface area contributed by atoms with Crippen molar-refractivity contribution in [3.8, 4) is 0 Å². The summed E-state index contributed by atoms with van der Waals surface area (Å²) in [6.07, 6.45) is 1.12. The summed E-state index contributed by atoms with van der Waals surface area (Å²) < 4.78 is 26.0. The number of hydrogen-bond donors (Lipinski definition) is 1. The summed E-state index contributed by atoms with van der Waals surface area (Å²) in [5.74, 6) is -0.378. The first kappa shape index (κ1) is 19.0. The summed E-state index contributed by atoms with van der Waals surface area (Å²) in [5.41, 5.74) is 3.91. The second-order valence-corrected chi connectivity index (χ2v) is 8.24. The normalized spacial score (nSPS) is 12.5. The van der Waals surface area contributed by atoms with Crippen LogP contribution in [0.2, 0.25) is 0 Å². The Hall–Kier alpha value is -2.34. The minimum atomic E-state index is -3.63. The number of nitrogens with one attached hydrogen (secondary N) is 1. The van der Waals surface area contributed by atoms with Crippen molar-refractivity contribution in [1.29, 1.82) is 0 Å².